The van der Waals surface area contributed by atoms with Gasteiger partial charge in [0.1, 0.15) is 29.0 Å². The van der Waals surface area contributed by atoms with Gasteiger partial charge in [0.15, 0.2) is 0 Å². The number of carbonyl (C=O) groups excluding carboxylic acids is 3. The molecule has 0 bridgehead atoms. The highest BCUT2D eigenvalue weighted by Crippen LogP contribution is 2.49. The van der Waals surface area contributed by atoms with Crippen molar-refractivity contribution in [2.75, 3.05) is 6.54 Å². The minimum Gasteiger partial charge on any atom is -0.483 e. The van der Waals surface area contributed by atoms with Crippen molar-refractivity contribution in [1.29, 1.82) is 0 Å². The van der Waals surface area contributed by atoms with Crippen molar-refractivity contribution in [2.24, 2.45) is 5.92 Å². The maximum absolute atomic E-state index is 14.8. The number of amides is 4. The number of carbonyl (C=O) groups is 4. The van der Waals surface area contributed by atoms with Gasteiger partial charge in [-0.1, -0.05) is 43.2 Å². The molecule has 4 amide bonds. The first-order valence-corrected chi connectivity index (χ1v) is 20.0. The Kier molecular flexibility index (Phi) is 9.06. The summed E-state index contributed by atoms with van der Waals surface area (Å²) in [6, 6.07) is 5.19. The smallest absolute Gasteiger partial charge is 0.408 e. The second-order valence-electron chi connectivity index (χ2n) is 16.0. The molecule has 0 unspecified atom stereocenters. The molecule has 4 heterocycles. The molecular formula is C38H49N5O8S. The lowest BCUT2D eigenvalue weighted by molar-refractivity contribution is -0.144. The van der Waals surface area contributed by atoms with Gasteiger partial charge in [-0.3, -0.25) is 24.0 Å². The third kappa shape index (κ3) is 6.30. The van der Waals surface area contributed by atoms with Crippen LogP contribution in [0.1, 0.15) is 96.2 Å². The Morgan fingerprint density at radius 1 is 1.12 bits per heavy atom. The number of fused-ring (bicyclic) bond motifs is 5. The van der Waals surface area contributed by atoms with Crippen LogP contribution in [0.3, 0.4) is 0 Å². The average molecular weight is 736 g/mol. The molecule has 2 saturated carbocycles. The topological polar surface area (TPSA) is 175 Å². The Labute approximate surface area is 304 Å². The molecule has 1 spiro atoms. The first-order valence-electron chi connectivity index (χ1n) is 18.5. The van der Waals surface area contributed by atoms with Crippen LogP contribution in [0.4, 0.5) is 4.79 Å². The predicted molar refractivity (Wildman–Crippen MR) is 193 cm³/mol. The summed E-state index contributed by atoms with van der Waals surface area (Å²) in [6.45, 7) is 6.96. The Balaban J connectivity index is 1.26. The summed E-state index contributed by atoms with van der Waals surface area (Å²) >= 11 is 0. The molecule has 1 aromatic heterocycles. The average Bonchev–Trinajstić information content (AvgIpc) is 3.98. The van der Waals surface area contributed by atoms with Crippen molar-refractivity contribution in [2.45, 2.75) is 132 Å². The van der Waals surface area contributed by atoms with Crippen molar-refractivity contribution >= 4 is 44.7 Å². The summed E-state index contributed by atoms with van der Waals surface area (Å²) in [4.78, 5) is 63.3. The number of nitrogens with one attached hydrogen (secondary N) is 2. The fourth-order valence-electron chi connectivity index (χ4n) is 8.46. The number of allylic oxidation sites excluding steroid dienone is 1. The molecule has 7 rings (SSSR count). The van der Waals surface area contributed by atoms with Crippen molar-refractivity contribution in [3.05, 3.63) is 47.7 Å². The van der Waals surface area contributed by atoms with E-state index in [1.807, 2.05) is 43.3 Å². The molecule has 3 N–H and O–H groups in total. The second kappa shape index (κ2) is 13.0. The van der Waals surface area contributed by atoms with E-state index in [-0.39, 0.29) is 25.8 Å². The van der Waals surface area contributed by atoms with Gasteiger partial charge in [0.25, 0.3) is 5.91 Å². The van der Waals surface area contributed by atoms with Crippen molar-refractivity contribution < 1.29 is 37.4 Å². The van der Waals surface area contributed by atoms with Gasteiger partial charge in [-0.15, -0.1) is 0 Å². The van der Waals surface area contributed by atoms with Crippen LogP contribution in [0.5, 0.6) is 5.75 Å². The van der Waals surface area contributed by atoms with Crippen molar-refractivity contribution in [3.63, 3.8) is 0 Å². The molecule has 3 fully saturated rings. The van der Waals surface area contributed by atoms with Gasteiger partial charge in [-0.05, 0) is 85.1 Å². The van der Waals surface area contributed by atoms with E-state index < -0.39 is 73.8 Å². The fraction of sp³-hybridized carbons (Fsp3) is 0.605. The van der Waals surface area contributed by atoms with E-state index >= 15 is 0 Å². The largest absolute Gasteiger partial charge is 0.483 e. The van der Waals surface area contributed by atoms with Crippen LogP contribution in [0.25, 0.3) is 10.9 Å². The number of sulfonamides is 1. The Bertz CT molecular complexity index is 1960. The maximum Gasteiger partial charge on any atom is 0.408 e. The molecule has 1 saturated heterocycles. The lowest BCUT2D eigenvalue weighted by Crippen LogP contribution is -2.59. The fourth-order valence-corrected chi connectivity index (χ4v) is 9.77. The number of para-hydroxylation sites is 1. The maximum atomic E-state index is 14.8. The van der Waals surface area contributed by atoms with E-state index in [2.05, 4.69) is 10.0 Å². The molecule has 14 heteroatoms. The van der Waals surface area contributed by atoms with Crippen LogP contribution in [0, 0.1) is 12.8 Å². The Hall–Kier alpha value is -4.20. The van der Waals surface area contributed by atoms with E-state index in [1.165, 1.54) is 9.80 Å². The van der Waals surface area contributed by atoms with Crippen LogP contribution in [0.15, 0.2) is 36.4 Å². The number of aryl methyl sites for hydroxylation is 2. The molecule has 280 valence electrons. The van der Waals surface area contributed by atoms with Crippen LogP contribution in [-0.2, 0) is 30.8 Å². The van der Waals surface area contributed by atoms with E-state index in [4.69, 9.17) is 9.72 Å². The number of rotatable bonds is 5. The zero-order valence-electron chi connectivity index (χ0n) is 30.3. The zero-order valence-corrected chi connectivity index (χ0v) is 31.1. The minimum absolute atomic E-state index is 0.0347. The van der Waals surface area contributed by atoms with Gasteiger partial charge >= 0.3 is 6.09 Å². The van der Waals surface area contributed by atoms with Crippen molar-refractivity contribution in [1.82, 2.24) is 24.8 Å². The lowest BCUT2D eigenvalue weighted by Gasteiger charge is -2.38. The van der Waals surface area contributed by atoms with Gasteiger partial charge in [0.05, 0.1) is 22.5 Å². The highest BCUT2D eigenvalue weighted by molar-refractivity contribution is 7.91. The Morgan fingerprint density at radius 2 is 1.87 bits per heavy atom. The number of ether oxygens (including phenoxy) is 1. The SMILES string of the molecule is Cc1nc2ccccc2c2c1O[C@]1(CC2)C[C@H]2C(=O)N[C@]3(C(=O)NS(=O)(=O)C4(C)CC4)C[C@H]3/C=C\CCCCC[C@H](N(C(=O)O)C(C)C)C(=O)N2C1. The Morgan fingerprint density at radius 3 is 2.58 bits per heavy atom. The van der Waals surface area contributed by atoms with Crippen LogP contribution < -0.4 is 14.8 Å². The van der Waals surface area contributed by atoms with Gasteiger partial charge in [-0.25, -0.2) is 18.2 Å². The van der Waals surface area contributed by atoms with Crippen LogP contribution in [0.2, 0.25) is 0 Å². The summed E-state index contributed by atoms with van der Waals surface area (Å²) in [6.07, 6.45) is 8.01. The standard InChI is InChI=1S/C38H49N5O8S/c1-23(2)43(35(47)48)29-15-9-7-5-6-8-12-25-20-38(25,34(46)41-52(49,50)36(4)18-19-36)40-32(44)30-21-37(22-42(30)33(29)45)17-16-27-26-13-10-11-14-28(26)39-24(3)31(27)51-37/h8,10-14,23,25,29-30H,5-7,9,15-22H2,1-4H3,(H,40,44)(H,41,46)(H,47,48)/b12-8-/t25-,29+,30+,37-,38-/m1/s1. The molecule has 52 heavy (non-hydrogen) atoms. The monoisotopic (exact) mass is 735 g/mol. The van der Waals surface area contributed by atoms with Crippen LogP contribution in [-0.4, -0.2) is 92.7 Å². The third-order valence-electron chi connectivity index (χ3n) is 12.0. The second-order valence-corrected chi connectivity index (χ2v) is 18.2. The number of benzene rings is 1. The molecule has 5 aliphatic rings. The predicted octanol–water partition coefficient (Wildman–Crippen LogP) is 4.36. The highest BCUT2D eigenvalue weighted by atomic mass is 32.2. The summed E-state index contributed by atoms with van der Waals surface area (Å²) in [5.41, 5.74) is 0.0601. The molecule has 1 aromatic carbocycles. The quantitative estimate of drug-likeness (QED) is 0.377. The van der Waals surface area contributed by atoms with Gasteiger partial charge < -0.3 is 20.1 Å². The number of hydrogen-bond acceptors (Lipinski definition) is 8. The summed E-state index contributed by atoms with van der Waals surface area (Å²) in [5, 5.41) is 14.2. The van der Waals surface area contributed by atoms with E-state index in [9.17, 15) is 32.7 Å². The van der Waals surface area contributed by atoms with Crippen LogP contribution >= 0.6 is 0 Å². The number of hydrogen-bond donors (Lipinski definition) is 3. The molecule has 5 atom stereocenters. The summed E-state index contributed by atoms with van der Waals surface area (Å²) in [5.74, 6) is -1.69. The van der Waals surface area contributed by atoms with E-state index in [0.717, 1.165) is 29.3 Å². The zero-order chi connectivity index (χ0) is 37.2. The van der Waals surface area contributed by atoms with Gasteiger partial charge in [0.2, 0.25) is 21.8 Å². The number of carboxylic acid groups (broad SMARTS) is 1. The number of aromatic nitrogens is 1. The first kappa shape index (κ1) is 36.2. The highest BCUT2D eigenvalue weighted by Gasteiger charge is 2.64. The van der Waals surface area contributed by atoms with Crippen molar-refractivity contribution in [3.8, 4) is 5.75 Å². The normalized spacial score (nSPS) is 30.6. The molecule has 2 aromatic rings. The molecule has 3 aliphatic heterocycles. The summed E-state index contributed by atoms with van der Waals surface area (Å²) < 4.78 is 34.4. The molecule has 13 nitrogen and oxygen atoms in total. The molecule has 0 radical (unpaired) electrons. The summed E-state index contributed by atoms with van der Waals surface area (Å²) in [7, 11) is -3.99. The minimum atomic E-state index is -3.99. The molecule has 2 aliphatic carbocycles. The lowest BCUT2D eigenvalue weighted by atomic mass is 9.87. The number of nitrogens with zero attached hydrogens (tertiary/aromatic N) is 3. The number of pyridine rings is 1. The van der Waals surface area contributed by atoms with Gasteiger partial charge in [0, 0.05) is 29.3 Å². The first-order chi connectivity index (χ1) is 24.6. The van der Waals surface area contributed by atoms with E-state index in [1.54, 1.807) is 20.8 Å². The van der Waals surface area contributed by atoms with E-state index in [0.29, 0.717) is 50.0 Å². The third-order valence-corrected chi connectivity index (χ3v) is 14.1. The molecular weight excluding hydrogens is 687 g/mol. The van der Waals surface area contributed by atoms with Gasteiger partial charge in [-0.2, -0.15) is 0 Å².